The van der Waals surface area contributed by atoms with Crippen molar-refractivity contribution in [2.75, 3.05) is 30.0 Å². The Morgan fingerprint density at radius 2 is 1.97 bits per heavy atom. The molecule has 2 atom stereocenters. The molecule has 0 aromatic carbocycles. The van der Waals surface area contributed by atoms with Crippen molar-refractivity contribution in [3.8, 4) is 0 Å². The number of carboxylic acid groups (broad SMARTS) is 1. The molecule has 2 aliphatic rings. The molecule has 172 valence electrons. The number of hydrogen-bond donors (Lipinski definition) is 5. The number of aliphatic hydroxyl groups excluding tert-OH is 1. The third-order valence-electron chi connectivity index (χ3n) is 5.93. The summed E-state index contributed by atoms with van der Waals surface area (Å²) >= 11 is 5.96. The van der Waals surface area contributed by atoms with Gasteiger partial charge in [0.1, 0.15) is 0 Å². The minimum absolute atomic E-state index is 0.0381. The second-order valence-corrected chi connectivity index (χ2v) is 8.37. The van der Waals surface area contributed by atoms with Crippen LogP contribution in [-0.2, 0) is 4.79 Å². The van der Waals surface area contributed by atoms with Crippen LogP contribution in [0, 0.1) is 17.7 Å². The highest BCUT2D eigenvalue weighted by Crippen LogP contribution is 2.31. The van der Waals surface area contributed by atoms with Crippen LogP contribution < -0.4 is 21.1 Å². The van der Waals surface area contributed by atoms with E-state index in [9.17, 15) is 14.7 Å². The van der Waals surface area contributed by atoms with Crippen LogP contribution in [0.25, 0.3) is 0 Å². The van der Waals surface area contributed by atoms with Crippen LogP contribution in [0.4, 0.5) is 20.8 Å². The van der Waals surface area contributed by atoms with Gasteiger partial charge in [0, 0.05) is 13.1 Å². The third-order valence-corrected chi connectivity index (χ3v) is 6.10. The molecular formula is C19H28ClFN6O4. The van der Waals surface area contributed by atoms with Crippen LogP contribution in [-0.4, -0.2) is 57.9 Å². The maximum absolute atomic E-state index is 15.0. The van der Waals surface area contributed by atoms with Crippen molar-refractivity contribution in [2.45, 2.75) is 51.0 Å². The van der Waals surface area contributed by atoms with Crippen molar-refractivity contribution in [2.24, 2.45) is 11.8 Å². The van der Waals surface area contributed by atoms with Crippen molar-refractivity contribution in [3.63, 3.8) is 0 Å². The van der Waals surface area contributed by atoms with Crippen molar-refractivity contribution >= 4 is 35.2 Å². The summed E-state index contributed by atoms with van der Waals surface area (Å²) in [6.07, 6.45) is 5.03. The van der Waals surface area contributed by atoms with Crippen LogP contribution in [0.2, 0.25) is 5.28 Å². The van der Waals surface area contributed by atoms with Crippen molar-refractivity contribution in [3.05, 3.63) is 11.1 Å². The summed E-state index contributed by atoms with van der Waals surface area (Å²) < 4.78 is 15.0. The smallest absolute Gasteiger partial charge is 0.404 e. The van der Waals surface area contributed by atoms with E-state index in [0.29, 0.717) is 25.3 Å². The Hall–Kier alpha value is -2.40. The van der Waals surface area contributed by atoms with Gasteiger partial charge >= 0.3 is 6.09 Å². The first kappa shape index (κ1) is 23.3. The van der Waals surface area contributed by atoms with Crippen molar-refractivity contribution in [1.29, 1.82) is 0 Å². The van der Waals surface area contributed by atoms with Gasteiger partial charge in [0.25, 0.3) is 0 Å². The van der Waals surface area contributed by atoms with E-state index < -0.39 is 23.7 Å². The highest BCUT2D eigenvalue weighted by Gasteiger charge is 2.30. The SMILES string of the molecule is O=C(O)NC[C@@H](CC1CCCC1)C(=O)NNc1nc(Cl)nc(N2CCC[C@H]2CO)c1F. The van der Waals surface area contributed by atoms with Gasteiger partial charge in [-0.05, 0) is 36.8 Å². The molecular weight excluding hydrogens is 431 g/mol. The number of nitrogens with zero attached hydrogens (tertiary/aromatic N) is 3. The van der Waals surface area contributed by atoms with Crippen LogP contribution in [0.1, 0.15) is 44.9 Å². The van der Waals surface area contributed by atoms with Crippen molar-refractivity contribution < 1.29 is 24.2 Å². The fourth-order valence-corrected chi connectivity index (χ4v) is 4.52. The predicted octanol–water partition coefficient (Wildman–Crippen LogP) is 2.14. The highest BCUT2D eigenvalue weighted by atomic mass is 35.5. The van der Waals surface area contributed by atoms with Crippen LogP contribution in [0.5, 0.6) is 0 Å². The molecule has 10 nitrogen and oxygen atoms in total. The normalized spacial score (nSPS) is 20.0. The van der Waals surface area contributed by atoms with Gasteiger partial charge in [-0.3, -0.25) is 15.6 Å². The Morgan fingerprint density at radius 3 is 2.65 bits per heavy atom. The maximum Gasteiger partial charge on any atom is 0.404 e. The second-order valence-electron chi connectivity index (χ2n) is 8.03. The summed E-state index contributed by atoms with van der Waals surface area (Å²) in [5, 5.41) is 20.5. The molecule has 5 N–H and O–H groups in total. The number of amides is 2. The average molecular weight is 459 g/mol. The summed E-state index contributed by atoms with van der Waals surface area (Å²) in [6, 6.07) is -0.263. The first-order valence-corrected chi connectivity index (χ1v) is 10.9. The van der Waals surface area contributed by atoms with E-state index in [2.05, 4.69) is 26.1 Å². The van der Waals surface area contributed by atoms with Gasteiger partial charge in [-0.1, -0.05) is 25.7 Å². The Balaban J connectivity index is 1.69. The molecule has 1 saturated heterocycles. The summed E-state index contributed by atoms with van der Waals surface area (Å²) in [7, 11) is 0. The van der Waals surface area contributed by atoms with E-state index in [1.165, 1.54) is 0 Å². The molecule has 0 bridgehead atoms. The van der Waals surface area contributed by atoms with E-state index in [4.69, 9.17) is 16.7 Å². The van der Waals surface area contributed by atoms with Gasteiger partial charge in [0.05, 0.1) is 18.6 Å². The van der Waals surface area contributed by atoms with E-state index in [-0.39, 0.29) is 36.1 Å². The Kier molecular flexibility index (Phi) is 8.08. The predicted molar refractivity (Wildman–Crippen MR) is 112 cm³/mol. The molecule has 1 aromatic rings. The van der Waals surface area contributed by atoms with Gasteiger partial charge in [-0.25, -0.2) is 4.79 Å². The largest absolute Gasteiger partial charge is 0.465 e. The Bertz CT molecular complexity index is 795. The van der Waals surface area contributed by atoms with Gasteiger partial charge < -0.3 is 20.4 Å². The molecule has 1 aliphatic heterocycles. The molecule has 0 spiro atoms. The number of carbonyl (C=O) groups excluding carboxylic acids is 1. The first-order chi connectivity index (χ1) is 14.9. The fourth-order valence-electron chi connectivity index (χ4n) is 4.35. The maximum atomic E-state index is 15.0. The standard InChI is InChI=1S/C19H28ClFN6O4/c20-18-23-15(14(21)16(24-18)27-7-3-6-13(27)10-28)25-26-17(29)12(9-22-19(30)31)8-11-4-1-2-5-11/h11-13,22,28H,1-10H2,(H,26,29)(H,30,31)(H,23,24,25)/t12-,13+/m1/s1. The summed E-state index contributed by atoms with van der Waals surface area (Å²) in [5.41, 5.74) is 4.90. The average Bonchev–Trinajstić information content (AvgIpc) is 3.42. The number of carbonyl (C=O) groups is 2. The summed E-state index contributed by atoms with van der Waals surface area (Å²) in [4.78, 5) is 33.0. The molecule has 0 radical (unpaired) electrons. The lowest BCUT2D eigenvalue weighted by molar-refractivity contribution is -0.124. The van der Waals surface area contributed by atoms with E-state index in [0.717, 1.165) is 32.1 Å². The van der Waals surface area contributed by atoms with Crippen LogP contribution in [0.15, 0.2) is 0 Å². The van der Waals surface area contributed by atoms with Gasteiger partial charge in [-0.15, -0.1) is 0 Å². The molecule has 1 aromatic heterocycles. The number of aromatic nitrogens is 2. The highest BCUT2D eigenvalue weighted by molar-refractivity contribution is 6.28. The first-order valence-electron chi connectivity index (χ1n) is 10.5. The Morgan fingerprint density at radius 1 is 1.23 bits per heavy atom. The zero-order chi connectivity index (χ0) is 22.4. The lowest BCUT2D eigenvalue weighted by Crippen LogP contribution is -2.42. The molecule has 0 unspecified atom stereocenters. The third kappa shape index (κ3) is 6.07. The lowest BCUT2D eigenvalue weighted by Gasteiger charge is -2.25. The molecule has 12 heteroatoms. The summed E-state index contributed by atoms with van der Waals surface area (Å²) in [6.45, 7) is 0.342. The van der Waals surface area contributed by atoms with Crippen LogP contribution in [0.3, 0.4) is 0 Å². The molecule has 1 aliphatic carbocycles. The number of hydrogen-bond acceptors (Lipinski definition) is 7. The summed E-state index contributed by atoms with van der Waals surface area (Å²) in [5.74, 6) is -1.84. The Labute approximate surface area is 184 Å². The van der Waals surface area contributed by atoms with E-state index in [1.807, 2.05) is 0 Å². The molecule has 2 fully saturated rings. The molecule has 31 heavy (non-hydrogen) atoms. The van der Waals surface area contributed by atoms with Gasteiger partial charge in [-0.2, -0.15) is 14.4 Å². The number of halogens is 2. The number of nitrogens with one attached hydrogen (secondary N) is 3. The number of anilines is 2. The van der Waals surface area contributed by atoms with E-state index in [1.54, 1.807) is 4.90 Å². The fraction of sp³-hybridized carbons (Fsp3) is 0.684. The monoisotopic (exact) mass is 458 g/mol. The number of hydrazine groups is 1. The van der Waals surface area contributed by atoms with E-state index >= 15 is 4.39 Å². The lowest BCUT2D eigenvalue weighted by atomic mass is 9.92. The minimum atomic E-state index is -1.21. The minimum Gasteiger partial charge on any atom is -0.465 e. The topological polar surface area (TPSA) is 140 Å². The zero-order valence-corrected chi connectivity index (χ0v) is 17.9. The van der Waals surface area contributed by atoms with Crippen LogP contribution >= 0.6 is 11.6 Å². The zero-order valence-electron chi connectivity index (χ0n) is 17.1. The molecule has 2 amide bonds. The van der Waals surface area contributed by atoms with Crippen molar-refractivity contribution in [1.82, 2.24) is 20.7 Å². The number of rotatable bonds is 9. The molecule has 1 saturated carbocycles. The molecule has 2 heterocycles. The van der Waals surface area contributed by atoms with Gasteiger partial charge in [0.2, 0.25) is 17.0 Å². The number of aliphatic hydroxyl groups is 1. The quantitative estimate of drug-likeness (QED) is 0.280. The second kappa shape index (κ2) is 10.8. The molecule has 3 rings (SSSR count). The van der Waals surface area contributed by atoms with Gasteiger partial charge in [0.15, 0.2) is 11.6 Å².